The number of carbonyl (C=O) groups is 1. The molecular weight excluding hydrogens is 445 g/mol. The van der Waals surface area contributed by atoms with Crippen molar-refractivity contribution >= 4 is 39.2 Å². The van der Waals surface area contributed by atoms with Crippen LogP contribution in [0.1, 0.15) is 43.0 Å². The van der Waals surface area contributed by atoms with Crippen molar-refractivity contribution in [3.05, 3.63) is 40.9 Å². The van der Waals surface area contributed by atoms with Gasteiger partial charge in [-0.3, -0.25) is 4.79 Å². The maximum Gasteiger partial charge on any atom is 0.308 e. The minimum absolute atomic E-state index is 0.183. The molecule has 0 aromatic carbocycles. The number of aromatic nitrogens is 3. The minimum Gasteiger partial charge on any atom is -0.481 e. The van der Waals surface area contributed by atoms with E-state index in [9.17, 15) is 19.4 Å². The van der Waals surface area contributed by atoms with Crippen molar-refractivity contribution in [1.82, 2.24) is 15.0 Å². The molecule has 4 heterocycles. The lowest BCUT2D eigenvalue weighted by Gasteiger charge is -2.47. The highest BCUT2D eigenvalue weighted by Gasteiger charge is 2.47. The highest BCUT2D eigenvalue weighted by atomic mass is 32.1. The van der Waals surface area contributed by atoms with Crippen molar-refractivity contribution < 1.29 is 19.4 Å². The van der Waals surface area contributed by atoms with Crippen LogP contribution < -0.4 is 10.6 Å². The molecule has 8 nitrogen and oxygen atoms in total. The molecule has 0 radical (unpaired) electrons. The summed E-state index contributed by atoms with van der Waals surface area (Å²) in [7, 11) is 0. The summed E-state index contributed by atoms with van der Waals surface area (Å²) in [5.74, 6) is -0.0810. The third-order valence-electron chi connectivity index (χ3n) is 7.57. The first-order chi connectivity index (χ1) is 16.0. The van der Waals surface area contributed by atoms with Crippen LogP contribution in [0.15, 0.2) is 23.7 Å². The molecule has 0 amide bonds. The van der Waals surface area contributed by atoms with E-state index in [4.69, 9.17) is 9.97 Å². The molecule has 33 heavy (non-hydrogen) atoms. The van der Waals surface area contributed by atoms with E-state index >= 15 is 0 Å². The number of hydrogen-bond donors (Lipinski definition) is 4. The maximum atomic E-state index is 14.0. The van der Waals surface area contributed by atoms with Gasteiger partial charge in [0.1, 0.15) is 28.1 Å². The zero-order valence-corrected chi connectivity index (χ0v) is 18.6. The number of nitrogens with zero attached hydrogens (tertiary/aromatic N) is 3. The Bertz CT molecular complexity index is 1230. The van der Waals surface area contributed by atoms with Gasteiger partial charge in [-0.05, 0) is 55.0 Å². The summed E-state index contributed by atoms with van der Waals surface area (Å²) < 4.78 is 14.0. The van der Waals surface area contributed by atoms with E-state index in [2.05, 4.69) is 15.6 Å². The van der Waals surface area contributed by atoms with Crippen molar-refractivity contribution in [3.8, 4) is 0 Å². The summed E-state index contributed by atoms with van der Waals surface area (Å²) >= 11 is 1.47. The van der Waals surface area contributed by atoms with Crippen LogP contribution in [-0.4, -0.2) is 49.8 Å². The lowest BCUT2D eigenvalue weighted by atomic mass is 9.61. The van der Waals surface area contributed by atoms with Crippen molar-refractivity contribution in [3.63, 3.8) is 0 Å². The second-order valence-electron chi connectivity index (χ2n) is 9.28. The molecule has 3 fully saturated rings. The second kappa shape index (κ2) is 7.88. The number of nitrogens with one attached hydrogen (secondary N) is 2. The number of aliphatic hydroxyl groups is 1. The second-order valence-corrected chi connectivity index (χ2v) is 10.2. The zero-order valence-electron chi connectivity index (χ0n) is 17.7. The summed E-state index contributed by atoms with van der Waals surface area (Å²) in [5, 5.41) is 29.4. The molecule has 4 N–H and O–H groups in total. The van der Waals surface area contributed by atoms with Crippen molar-refractivity contribution in [1.29, 1.82) is 0 Å². The molecular formula is C23H24FN5O3S. The lowest BCUT2D eigenvalue weighted by Crippen LogP contribution is -2.51. The number of hydrogen-bond acceptors (Lipinski definition) is 8. The van der Waals surface area contributed by atoms with E-state index in [1.165, 1.54) is 17.4 Å². The highest BCUT2D eigenvalue weighted by molar-refractivity contribution is 7.16. The van der Waals surface area contributed by atoms with Crippen LogP contribution in [0, 0.1) is 23.6 Å². The standard InChI is InChI=1S/C23H24FN5O3S/c24-12-7-14-17(15(9-30)26-19(14)25-8-12)21-28-20(13-5-6-33-22(13)29-21)27-18-11-3-1-10(2-4-11)16(18)23(31)32/h5-8,10-11,15-18,30H,1-4,9H2,(H,25,26)(H,31,32)(H,27,28,29)/t10?,11?,15?,16-,17?,18-/m0/s1. The summed E-state index contributed by atoms with van der Waals surface area (Å²) in [5.41, 5.74) is 0.607. The van der Waals surface area contributed by atoms with Crippen LogP contribution in [0.3, 0.4) is 0 Å². The van der Waals surface area contributed by atoms with E-state index in [0.717, 1.165) is 42.1 Å². The van der Waals surface area contributed by atoms with Crippen LogP contribution in [0.2, 0.25) is 0 Å². The van der Waals surface area contributed by atoms with Crippen molar-refractivity contribution in [2.45, 2.75) is 43.7 Å². The molecule has 3 saturated carbocycles. The summed E-state index contributed by atoms with van der Waals surface area (Å²) in [6, 6.07) is 2.72. The number of fused-ring (bicyclic) bond motifs is 5. The molecule has 10 heteroatoms. The van der Waals surface area contributed by atoms with Gasteiger partial charge in [0.05, 0.1) is 36.1 Å². The fourth-order valence-corrected chi connectivity index (χ4v) is 6.82. The molecule has 1 aliphatic heterocycles. The third kappa shape index (κ3) is 3.34. The van der Waals surface area contributed by atoms with E-state index in [1.807, 2.05) is 11.4 Å². The summed E-state index contributed by atoms with van der Waals surface area (Å²) in [6.45, 7) is -0.190. The lowest BCUT2D eigenvalue weighted by molar-refractivity contribution is -0.148. The zero-order chi connectivity index (χ0) is 22.7. The minimum atomic E-state index is -0.756. The molecule has 2 unspecified atom stereocenters. The van der Waals surface area contributed by atoms with Crippen LogP contribution in [-0.2, 0) is 4.79 Å². The van der Waals surface area contributed by atoms with Gasteiger partial charge in [-0.25, -0.2) is 19.3 Å². The smallest absolute Gasteiger partial charge is 0.308 e. The Morgan fingerprint density at radius 3 is 2.79 bits per heavy atom. The average Bonchev–Trinajstić information content (AvgIpc) is 3.43. The van der Waals surface area contributed by atoms with Gasteiger partial charge in [-0.15, -0.1) is 11.3 Å². The van der Waals surface area contributed by atoms with E-state index < -0.39 is 29.7 Å². The van der Waals surface area contributed by atoms with Gasteiger partial charge in [0.25, 0.3) is 0 Å². The number of anilines is 2. The number of carboxylic acids is 1. The number of pyridine rings is 1. The number of aliphatic carboxylic acids is 1. The van der Waals surface area contributed by atoms with Crippen LogP contribution in [0.4, 0.5) is 16.0 Å². The van der Waals surface area contributed by atoms with Crippen LogP contribution in [0.25, 0.3) is 10.2 Å². The molecule has 2 bridgehead atoms. The fraction of sp³-hybridized carbons (Fsp3) is 0.478. The molecule has 7 rings (SSSR count). The number of halogens is 1. The molecule has 4 aliphatic rings. The van der Waals surface area contributed by atoms with Gasteiger partial charge in [0.15, 0.2) is 0 Å². The van der Waals surface area contributed by atoms with Gasteiger partial charge in [0, 0.05) is 11.6 Å². The fourth-order valence-electron chi connectivity index (χ4n) is 6.05. The molecule has 3 aromatic rings. The Hall–Kier alpha value is -2.85. The van der Waals surface area contributed by atoms with Crippen LogP contribution in [0.5, 0.6) is 0 Å². The molecule has 0 saturated heterocycles. The Morgan fingerprint density at radius 1 is 1.24 bits per heavy atom. The topological polar surface area (TPSA) is 120 Å². The van der Waals surface area contributed by atoms with E-state index in [1.54, 1.807) is 0 Å². The number of carboxylic acid groups (broad SMARTS) is 1. The van der Waals surface area contributed by atoms with Crippen molar-refractivity contribution in [2.24, 2.45) is 17.8 Å². The number of thiophene rings is 1. The van der Waals surface area contributed by atoms with Gasteiger partial charge in [-0.2, -0.15) is 0 Å². The normalized spacial score (nSPS) is 30.2. The average molecular weight is 470 g/mol. The monoisotopic (exact) mass is 469 g/mol. The summed E-state index contributed by atoms with van der Waals surface area (Å²) in [6.07, 6.45) is 5.11. The first-order valence-electron chi connectivity index (χ1n) is 11.3. The quantitative estimate of drug-likeness (QED) is 0.449. The molecule has 0 spiro atoms. The maximum absolute atomic E-state index is 14.0. The Labute approximate surface area is 193 Å². The van der Waals surface area contributed by atoms with Gasteiger partial charge < -0.3 is 20.8 Å². The van der Waals surface area contributed by atoms with Crippen LogP contribution >= 0.6 is 11.3 Å². The Balaban J connectivity index is 1.43. The highest BCUT2D eigenvalue weighted by Crippen LogP contribution is 2.47. The van der Waals surface area contributed by atoms with E-state index in [0.29, 0.717) is 28.9 Å². The largest absolute Gasteiger partial charge is 0.481 e. The van der Waals surface area contributed by atoms with Crippen molar-refractivity contribution in [2.75, 3.05) is 17.2 Å². The third-order valence-corrected chi connectivity index (χ3v) is 8.37. The van der Waals surface area contributed by atoms with Gasteiger partial charge in [0.2, 0.25) is 0 Å². The first kappa shape index (κ1) is 20.7. The van der Waals surface area contributed by atoms with Gasteiger partial charge >= 0.3 is 5.97 Å². The molecule has 4 atom stereocenters. The predicted molar refractivity (Wildman–Crippen MR) is 122 cm³/mol. The number of rotatable bonds is 5. The Morgan fingerprint density at radius 2 is 2.03 bits per heavy atom. The molecule has 3 aromatic heterocycles. The van der Waals surface area contributed by atoms with Gasteiger partial charge in [-0.1, -0.05) is 0 Å². The molecule has 172 valence electrons. The summed E-state index contributed by atoms with van der Waals surface area (Å²) in [4.78, 5) is 26.6. The number of aliphatic hydroxyl groups excluding tert-OH is 1. The SMILES string of the molecule is O=C(O)[C@H]1C2CCC(CC2)[C@@H]1Nc1nc(C2c3cc(F)cnc3NC2CO)nc2sccc12. The van der Waals surface area contributed by atoms with E-state index in [-0.39, 0.29) is 18.6 Å². The predicted octanol–water partition coefficient (Wildman–Crippen LogP) is 3.45. The Kier molecular flexibility index (Phi) is 4.95. The molecule has 3 aliphatic carbocycles. The first-order valence-corrected chi connectivity index (χ1v) is 12.2.